The first-order chi connectivity index (χ1) is 9.02. The summed E-state index contributed by atoms with van der Waals surface area (Å²) in [4.78, 5) is 15.9. The summed E-state index contributed by atoms with van der Waals surface area (Å²) in [5.74, 6) is -0.225. The number of amides is 1. The first-order valence-corrected chi connectivity index (χ1v) is 6.56. The molecule has 1 aromatic heterocycles. The monoisotopic (exact) mass is 294 g/mol. The topological polar surface area (TPSA) is 56.0 Å². The molecule has 0 bridgehead atoms. The molecule has 0 saturated carbocycles. The number of benzene rings is 1. The average Bonchev–Trinajstić information content (AvgIpc) is 2.38. The SMILES string of the molecule is Cc1nc(CCl)cc(-c2ccc(Cl)cc2)c1C(N)=O. The van der Waals surface area contributed by atoms with Crippen molar-refractivity contribution in [1.29, 1.82) is 0 Å². The van der Waals surface area contributed by atoms with Crippen LogP contribution in [0.3, 0.4) is 0 Å². The molecular weight excluding hydrogens is 283 g/mol. The van der Waals surface area contributed by atoms with Crippen molar-refractivity contribution < 1.29 is 4.79 Å². The minimum atomic E-state index is -0.504. The van der Waals surface area contributed by atoms with Gasteiger partial charge in [0.15, 0.2) is 0 Å². The molecular formula is C14H12Cl2N2O. The molecule has 0 radical (unpaired) electrons. The summed E-state index contributed by atoms with van der Waals surface area (Å²) in [6.45, 7) is 1.75. The number of aromatic nitrogens is 1. The highest BCUT2D eigenvalue weighted by Gasteiger charge is 2.15. The summed E-state index contributed by atoms with van der Waals surface area (Å²) in [5.41, 5.74) is 8.72. The number of aryl methyl sites for hydroxylation is 1. The van der Waals surface area contributed by atoms with Gasteiger partial charge in [0, 0.05) is 5.02 Å². The number of carbonyl (C=O) groups is 1. The fourth-order valence-corrected chi connectivity index (χ4v) is 2.24. The normalized spacial score (nSPS) is 10.5. The highest BCUT2D eigenvalue weighted by Crippen LogP contribution is 2.27. The van der Waals surface area contributed by atoms with Crippen LogP contribution in [0, 0.1) is 6.92 Å². The maximum Gasteiger partial charge on any atom is 0.251 e. The van der Waals surface area contributed by atoms with E-state index >= 15 is 0 Å². The maximum absolute atomic E-state index is 11.6. The lowest BCUT2D eigenvalue weighted by Crippen LogP contribution is -2.16. The highest BCUT2D eigenvalue weighted by atomic mass is 35.5. The van der Waals surface area contributed by atoms with Crippen LogP contribution in [0.25, 0.3) is 11.1 Å². The molecule has 0 atom stereocenters. The summed E-state index contributed by atoms with van der Waals surface area (Å²) in [6.07, 6.45) is 0. The van der Waals surface area contributed by atoms with E-state index in [1.54, 1.807) is 25.1 Å². The van der Waals surface area contributed by atoms with Gasteiger partial charge < -0.3 is 5.73 Å². The molecule has 1 amide bonds. The number of alkyl halides is 1. The molecule has 2 N–H and O–H groups in total. The first-order valence-electron chi connectivity index (χ1n) is 5.65. The van der Waals surface area contributed by atoms with E-state index in [2.05, 4.69) is 4.98 Å². The Morgan fingerprint density at radius 3 is 2.47 bits per heavy atom. The van der Waals surface area contributed by atoms with Crippen molar-refractivity contribution in [2.45, 2.75) is 12.8 Å². The third-order valence-corrected chi connectivity index (χ3v) is 3.32. The van der Waals surface area contributed by atoms with E-state index in [0.29, 0.717) is 22.0 Å². The Hall–Kier alpha value is -1.58. The molecule has 1 heterocycles. The maximum atomic E-state index is 11.6. The van der Waals surface area contributed by atoms with E-state index in [1.807, 2.05) is 12.1 Å². The number of primary amides is 1. The predicted octanol–water partition coefficient (Wildman–Crippen LogP) is 3.55. The molecule has 98 valence electrons. The molecule has 19 heavy (non-hydrogen) atoms. The van der Waals surface area contributed by atoms with Crippen molar-refractivity contribution >= 4 is 29.1 Å². The van der Waals surface area contributed by atoms with E-state index < -0.39 is 5.91 Å². The fraction of sp³-hybridized carbons (Fsp3) is 0.143. The largest absolute Gasteiger partial charge is 0.366 e. The van der Waals surface area contributed by atoms with Gasteiger partial charge in [0.05, 0.1) is 22.8 Å². The number of halogens is 2. The zero-order valence-corrected chi connectivity index (χ0v) is 11.8. The highest BCUT2D eigenvalue weighted by molar-refractivity contribution is 6.30. The second-order valence-corrected chi connectivity index (χ2v) is 4.83. The Morgan fingerprint density at radius 2 is 1.95 bits per heavy atom. The fourth-order valence-electron chi connectivity index (χ4n) is 1.97. The summed E-state index contributed by atoms with van der Waals surface area (Å²) >= 11 is 11.7. The van der Waals surface area contributed by atoms with Crippen LogP contribution in [-0.4, -0.2) is 10.9 Å². The Morgan fingerprint density at radius 1 is 1.32 bits per heavy atom. The molecule has 5 heteroatoms. The number of nitrogens with zero attached hydrogens (tertiary/aromatic N) is 1. The van der Waals surface area contributed by atoms with E-state index in [1.165, 1.54) is 0 Å². The lowest BCUT2D eigenvalue weighted by molar-refractivity contribution is 0.1000. The second kappa shape index (κ2) is 5.59. The first kappa shape index (κ1) is 13.8. The summed E-state index contributed by atoms with van der Waals surface area (Å²) in [7, 11) is 0. The lowest BCUT2D eigenvalue weighted by atomic mass is 9.98. The zero-order valence-electron chi connectivity index (χ0n) is 10.3. The molecule has 0 saturated heterocycles. The van der Waals surface area contributed by atoms with Gasteiger partial charge in [-0.1, -0.05) is 23.7 Å². The molecule has 0 aliphatic heterocycles. The van der Waals surface area contributed by atoms with Gasteiger partial charge in [-0.3, -0.25) is 9.78 Å². The predicted molar refractivity (Wildman–Crippen MR) is 77.5 cm³/mol. The Balaban J connectivity index is 2.68. The third-order valence-electron chi connectivity index (χ3n) is 2.79. The zero-order chi connectivity index (χ0) is 14.0. The van der Waals surface area contributed by atoms with Gasteiger partial charge >= 0.3 is 0 Å². The van der Waals surface area contributed by atoms with Crippen molar-refractivity contribution in [3.8, 4) is 11.1 Å². The van der Waals surface area contributed by atoms with E-state index in [-0.39, 0.29) is 5.88 Å². The third kappa shape index (κ3) is 2.88. The molecule has 0 fully saturated rings. The minimum Gasteiger partial charge on any atom is -0.366 e. The number of carbonyl (C=O) groups excluding carboxylic acids is 1. The molecule has 2 aromatic rings. The Kier molecular flexibility index (Phi) is 4.08. The van der Waals surface area contributed by atoms with Gasteiger partial charge in [-0.25, -0.2) is 0 Å². The van der Waals surface area contributed by atoms with Crippen LogP contribution >= 0.6 is 23.2 Å². The smallest absolute Gasteiger partial charge is 0.251 e. The number of hydrogen-bond donors (Lipinski definition) is 1. The van der Waals surface area contributed by atoms with Crippen molar-refractivity contribution in [1.82, 2.24) is 4.98 Å². The van der Waals surface area contributed by atoms with Gasteiger partial charge in [0.25, 0.3) is 5.91 Å². The molecule has 0 spiro atoms. The van der Waals surface area contributed by atoms with Gasteiger partial charge in [-0.2, -0.15) is 0 Å². The van der Waals surface area contributed by atoms with Crippen molar-refractivity contribution in [2.75, 3.05) is 0 Å². The van der Waals surface area contributed by atoms with Crippen LogP contribution in [0.15, 0.2) is 30.3 Å². The summed E-state index contributed by atoms with van der Waals surface area (Å²) in [5, 5.41) is 0.632. The molecule has 2 rings (SSSR count). The minimum absolute atomic E-state index is 0.278. The van der Waals surface area contributed by atoms with Gasteiger partial charge in [0.1, 0.15) is 0 Å². The molecule has 0 aliphatic rings. The standard InChI is InChI=1S/C14H12Cl2N2O/c1-8-13(14(17)19)12(6-11(7-15)18-8)9-2-4-10(16)5-3-9/h2-6H,7H2,1H3,(H2,17,19). The van der Waals surface area contributed by atoms with E-state index in [4.69, 9.17) is 28.9 Å². The van der Waals surface area contributed by atoms with Gasteiger partial charge in [-0.05, 0) is 36.2 Å². The molecule has 1 aromatic carbocycles. The Labute approximate surface area is 121 Å². The Bertz CT molecular complexity index is 624. The molecule has 0 aliphatic carbocycles. The van der Waals surface area contributed by atoms with E-state index in [9.17, 15) is 4.79 Å². The lowest BCUT2D eigenvalue weighted by Gasteiger charge is -2.11. The van der Waals surface area contributed by atoms with E-state index in [0.717, 1.165) is 11.1 Å². The number of rotatable bonds is 3. The van der Waals surface area contributed by atoms with Crippen LogP contribution in [0.4, 0.5) is 0 Å². The van der Waals surface area contributed by atoms with Crippen LogP contribution < -0.4 is 5.73 Å². The quantitative estimate of drug-likeness (QED) is 0.880. The number of pyridine rings is 1. The van der Waals surface area contributed by atoms with Crippen molar-refractivity contribution in [2.24, 2.45) is 5.73 Å². The molecule has 0 unspecified atom stereocenters. The van der Waals surface area contributed by atoms with Crippen LogP contribution in [-0.2, 0) is 5.88 Å². The molecule has 3 nitrogen and oxygen atoms in total. The average molecular weight is 295 g/mol. The summed E-state index contributed by atoms with van der Waals surface area (Å²) < 4.78 is 0. The second-order valence-electron chi connectivity index (χ2n) is 4.13. The summed E-state index contributed by atoms with van der Waals surface area (Å²) in [6, 6.07) is 8.97. The van der Waals surface area contributed by atoms with Crippen molar-refractivity contribution in [3.63, 3.8) is 0 Å². The van der Waals surface area contributed by atoms with Crippen LogP contribution in [0.1, 0.15) is 21.7 Å². The number of nitrogens with two attached hydrogens (primary N) is 1. The van der Waals surface area contributed by atoms with Gasteiger partial charge in [0.2, 0.25) is 0 Å². The van der Waals surface area contributed by atoms with Crippen LogP contribution in [0.2, 0.25) is 5.02 Å². The van der Waals surface area contributed by atoms with Gasteiger partial charge in [-0.15, -0.1) is 11.6 Å². The van der Waals surface area contributed by atoms with Crippen LogP contribution in [0.5, 0.6) is 0 Å². The number of hydrogen-bond acceptors (Lipinski definition) is 2. The van der Waals surface area contributed by atoms with Crippen molar-refractivity contribution in [3.05, 3.63) is 52.3 Å².